The van der Waals surface area contributed by atoms with Gasteiger partial charge in [-0.2, -0.15) is 5.26 Å². The maximum atomic E-state index is 10.7. The van der Waals surface area contributed by atoms with Crippen molar-refractivity contribution >= 4 is 5.91 Å². The average molecular weight is 189 g/mol. The second kappa shape index (κ2) is 4.97. The molecule has 72 valence electrons. The lowest BCUT2D eigenvalue weighted by Gasteiger charge is -1.98. The van der Waals surface area contributed by atoms with E-state index in [4.69, 9.17) is 11.0 Å². The lowest BCUT2D eigenvalue weighted by molar-refractivity contribution is 0.1000. The number of nitrogens with zero attached hydrogens (tertiary/aromatic N) is 2. The molecule has 4 nitrogen and oxygen atoms in total. The quantitative estimate of drug-likeness (QED) is 0.718. The van der Waals surface area contributed by atoms with Crippen LogP contribution in [0.25, 0.3) is 0 Å². The van der Waals surface area contributed by atoms with E-state index in [2.05, 4.69) is 11.1 Å². The molecule has 14 heavy (non-hydrogen) atoms. The third kappa shape index (κ3) is 2.87. The Bertz CT molecular complexity index is 351. The third-order valence-electron chi connectivity index (χ3n) is 1.83. The van der Waals surface area contributed by atoms with Crippen LogP contribution in [0.15, 0.2) is 18.3 Å². The summed E-state index contributed by atoms with van der Waals surface area (Å²) in [5.74, 6) is -0.471. The zero-order valence-electron chi connectivity index (χ0n) is 7.73. The predicted octanol–water partition coefficient (Wildman–Crippen LogP) is 1.03. The number of aromatic nitrogens is 1. The number of nitriles is 1. The predicted molar refractivity (Wildman–Crippen MR) is 51.3 cm³/mol. The maximum absolute atomic E-state index is 10.7. The molecule has 0 bridgehead atoms. The molecule has 0 fully saturated rings. The van der Waals surface area contributed by atoms with Crippen molar-refractivity contribution in [2.75, 3.05) is 0 Å². The Hall–Kier alpha value is -1.89. The van der Waals surface area contributed by atoms with Crippen LogP contribution in [-0.2, 0) is 6.42 Å². The zero-order chi connectivity index (χ0) is 10.4. The molecule has 1 aromatic rings. The highest BCUT2D eigenvalue weighted by Gasteiger charge is 2.00. The molecule has 2 N–H and O–H groups in total. The topological polar surface area (TPSA) is 79.8 Å². The molecule has 0 aliphatic rings. The molecule has 0 aliphatic carbocycles. The zero-order valence-corrected chi connectivity index (χ0v) is 7.73. The van der Waals surface area contributed by atoms with Crippen LogP contribution in [0, 0.1) is 11.3 Å². The smallest absolute Gasteiger partial charge is 0.250 e. The van der Waals surface area contributed by atoms with E-state index in [0.29, 0.717) is 12.0 Å². The van der Waals surface area contributed by atoms with Crippen LogP contribution in [0.3, 0.4) is 0 Å². The molecule has 4 heteroatoms. The van der Waals surface area contributed by atoms with Gasteiger partial charge in [0.15, 0.2) is 0 Å². The fourth-order valence-electron chi connectivity index (χ4n) is 1.07. The number of pyridine rings is 1. The minimum atomic E-state index is -0.471. The van der Waals surface area contributed by atoms with Crippen molar-refractivity contribution in [1.29, 1.82) is 5.26 Å². The summed E-state index contributed by atoms with van der Waals surface area (Å²) in [7, 11) is 0. The molecule has 0 atom stereocenters. The van der Waals surface area contributed by atoms with Crippen molar-refractivity contribution in [3.05, 3.63) is 29.6 Å². The number of carbonyl (C=O) groups excluding carboxylic acids is 1. The fourth-order valence-corrected chi connectivity index (χ4v) is 1.07. The van der Waals surface area contributed by atoms with Crippen molar-refractivity contribution in [3.8, 4) is 6.07 Å². The normalized spacial score (nSPS) is 9.36. The van der Waals surface area contributed by atoms with Crippen LogP contribution in [0.2, 0.25) is 0 Å². The second-order valence-corrected chi connectivity index (χ2v) is 2.91. The molecule has 1 amide bonds. The Morgan fingerprint density at radius 3 is 2.86 bits per heavy atom. The molecule has 1 aromatic heterocycles. The maximum Gasteiger partial charge on any atom is 0.250 e. The van der Waals surface area contributed by atoms with Gasteiger partial charge in [0.25, 0.3) is 0 Å². The van der Waals surface area contributed by atoms with Gasteiger partial charge in [0.1, 0.15) is 0 Å². The minimum absolute atomic E-state index is 0.411. The van der Waals surface area contributed by atoms with Crippen molar-refractivity contribution in [2.45, 2.75) is 19.3 Å². The highest BCUT2D eigenvalue weighted by atomic mass is 16.1. The number of nitrogens with two attached hydrogens (primary N) is 1. The van der Waals surface area contributed by atoms with Gasteiger partial charge >= 0.3 is 0 Å². The monoisotopic (exact) mass is 189 g/mol. The van der Waals surface area contributed by atoms with Crippen LogP contribution in [0.5, 0.6) is 0 Å². The van der Waals surface area contributed by atoms with Gasteiger partial charge in [0, 0.05) is 18.3 Å². The SMILES string of the molecule is N#CCCCc1ccc(C(N)=O)cn1. The van der Waals surface area contributed by atoms with Gasteiger partial charge in [-0.1, -0.05) is 0 Å². The second-order valence-electron chi connectivity index (χ2n) is 2.91. The third-order valence-corrected chi connectivity index (χ3v) is 1.83. The highest BCUT2D eigenvalue weighted by molar-refractivity contribution is 5.92. The first-order valence-electron chi connectivity index (χ1n) is 4.35. The van der Waals surface area contributed by atoms with E-state index in [-0.39, 0.29) is 0 Å². The van der Waals surface area contributed by atoms with Crippen molar-refractivity contribution < 1.29 is 4.79 Å². The van der Waals surface area contributed by atoms with Gasteiger partial charge in [0.2, 0.25) is 5.91 Å². The Balaban J connectivity index is 2.56. The Morgan fingerprint density at radius 2 is 2.36 bits per heavy atom. The summed E-state index contributed by atoms with van der Waals surface area (Å²) in [5, 5.41) is 8.33. The van der Waals surface area contributed by atoms with Crippen LogP contribution in [0.1, 0.15) is 28.9 Å². The van der Waals surface area contributed by atoms with Gasteiger partial charge in [0.05, 0.1) is 11.6 Å². The van der Waals surface area contributed by atoms with E-state index in [9.17, 15) is 4.79 Å². The van der Waals surface area contributed by atoms with Crippen molar-refractivity contribution in [1.82, 2.24) is 4.98 Å². The lowest BCUT2D eigenvalue weighted by atomic mass is 10.1. The van der Waals surface area contributed by atoms with Gasteiger partial charge in [-0.25, -0.2) is 0 Å². The summed E-state index contributed by atoms with van der Waals surface area (Å²) in [5.41, 5.74) is 6.35. The van der Waals surface area contributed by atoms with E-state index in [1.165, 1.54) is 6.20 Å². The van der Waals surface area contributed by atoms with E-state index < -0.39 is 5.91 Å². The highest BCUT2D eigenvalue weighted by Crippen LogP contribution is 2.03. The molecular weight excluding hydrogens is 178 g/mol. The molecule has 0 aromatic carbocycles. The molecule has 0 aliphatic heterocycles. The van der Waals surface area contributed by atoms with E-state index in [1.54, 1.807) is 12.1 Å². The minimum Gasteiger partial charge on any atom is -0.366 e. The number of carbonyl (C=O) groups is 1. The number of hydrogen-bond acceptors (Lipinski definition) is 3. The standard InChI is InChI=1S/C10H11N3O/c11-6-2-1-3-9-5-4-8(7-13-9)10(12)14/h4-5,7H,1-3H2,(H2,12,14). The lowest BCUT2D eigenvalue weighted by Crippen LogP contribution is -2.11. The van der Waals surface area contributed by atoms with E-state index in [0.717, 1.165) is 18.5 Å². The van der Waals surface area contributed by atoms with Crippen LogP contribution >= 0.6 is 0 Å². The largest absolute Gasteiger partial charge is 0.366 e. The molecule has 0 radical (unpaired) electrons. The first-order valence-corrected chi connectivity index (χ1v) is 4.35. The first-order chi connectivity index (χ1) is 6.74. The Morgan fingerprint density at radius 1 is 1.57 bits per heavy atom. The fraction of sp³-hybridized carbons (Fsp3) is 0.300. The molecule has 1 heterocycles. The number of unbranched alkanes of at least 4 members (excludes halogenated alkanes) is 1. The summed E-state index contributed by atoms with van der Waals surface area (Å²) in [6.07, 6.45) is 3.54. The summed E-state index contributed by atoms with van der Waals surface area (Å²) < 4.78 is 0. The summed E-state index contributed by atoms with van der Waals surface area (Å²) >= 11 is 0. The average Bonchev–Trinajstić information content (AvgIpc) is 2.19. The number of primary amides is 1. The summed E-state index contributed by atoms with van der Waals surface area (Å²) in [6.45, 7) is 0. The number of rotatable bonds is 4. The van der Waals surface area contributed by atoms with Crippen LogP contribution in [0.4, 0.5) is 0 Å². The van der Waals surface area contributed by atoms with Crippen molar-refractivity contribution in [3.63, 3.8) is 0 Å². The molecular formula is C10H11N3O. The molecule has 0 unspecified atom stereocenters. The summed E-state index contributed by atoms with van der Waals surface area (Å²) in [6, 6.07) is 5.48. The van der Waals surface area contributed by atoms with Crippen molar-refractivity contribution in [2.24, 2.45) is 5.73 Å². The van der Waals surface area contributed by atoms with Gasteiger partial charge in [-0.05, 0) is 25.0 Å². The summed E-state index contributed by atoms with van der Waals surface area (Å²) in [4.78, 5) is 14.8. The van der Waals surface area contributed by atoms with E-state index in [1.807, 2.05) is 0 Å². The van der Waals surface area contributed by atoms with Crippen LogP contribution < -0.4 is 5.73 Å². The van der Waals surface area contributed by atoms with Gasteiger partial charge in [-0.15, -0.1) is 0 Å². The number of hydrogen-bond donors (Lipinski definition) is 1. The first kappa shape index (κ1) is 10.2. The Kier molecular flexibility index (Phi) is 3.62. The molecule has 0 spiro atoms. The van der Waals surface area contributed by atoms with E-state index >= 15 is 0 Å². The van der Waals surface area contributed by atoms with Crippen LogP contribution in [-0.4, -0.2) is 10.9 Å². The van der Waals surface area contributed by atoms with Gasteiger partial charge in [-0.3, -0.25) is 9.78 Å². The molecule has 1 rings (SSSR count). The van der Waals surface area contributed by atoms with Gasteiger partial charge < -0.3 is 5.73 Å². The molecule has 0 saturated heterocycles. The Labute approximate surface area is 82.4 Å². The molecule has 0 saturated carbocycles. The number of aryl methyl sites for hydroxylation is 1. The number of amides is 1.